The van der Waals surface area contributed by atoms with Crippen molar-refractivity contribution in [3.63, 3.8) is 0 Å². The van der Waals surface area contributed by atoms with Crippen LogP contribution in [0.1, 0.15) is 136 Å². The molecule has 8 nitrogen and oxygen atoms in total. The number of nitrogens with zero attached hydrogens (tertiary/aromatic N) is 1. The third kappa shape index (κ3) is 40.9. The van der Waals surface area contributed by atoms with Crippen molar-refractivity contribution in [2.75, 3.05) is 54.1 Å². The van der Waals surface area contributed by atoms with E-state index in [-0.39, 0.29) is 32.2 Å². The average molecular weight is 776 g/mol. The van der Waals surface area contributed by atoms with Crippen molar-refractivity contribution in [1.29, 1.82) is 0 Å². The predicted molar refractivity (Wildman–Crippen MR) is 226 cm³/mol. The Morgan fingerprint density at radius 3 is 1.63 bits per heavy atom. The molecule has 0 N–H and O–H groups in total. The molecule has 0 fully saturated rings. The molecule has 0 saturated heterocycles. The zero-order chi connectivity index (χ0) is 39.9. The Bertz CT molecular complexity index is 1130. The lowest BCUT2D eigenvalue weighted by molar-refractivity contribution is -0.870. The molecule has 0 spiro atoms. The molecular formula is C45H78NO7P. The summed E-state index contributed by atoms with van der Waals surface area (Å²) in [5.74, 6) is -0.369. The van der Waals surface area contributed by atoms with Crippen LogP contribution in [0.5, 0.6) is 0 Å². The number of carbonyl (C=O) groups is 1. The van der Waals surface area contributed by atoms with Gasteiger partial charge in [-0.15, -0.1) is 0 Å². The van der Waals surface area contributed by atoms with Crippen molar-refractivity contribution in [2.24, 2.45) is 0 Å². The van der Waals surface area contributed by atoms with Gasteiger partial charge < -0.3 is 27.9 Å². The standard InChI is InChI=1S/C45H78NO7P/c1-6-8-10-12-14-16-18-20-21-22-23-24-25-26-27-29-31-33-35-37-40-50-42-44(43-52-54(48,49)51-41-39-46(3,4)5)53-45(47)38-36-34-32-30-28-19-17-15-13-11-9-7-2/h8,10,14-17,20-21,23-24,26-27,31,33,44H,6-7,9,11-13,18-19,22,25,28-30,32,34-43H2,1-5H3/b10-8-,16-14-,17-15-,21-20-,24-23-,27-26-,33-31-. The number of esters is 1. The lowest BCUT2D eigenvalue weighted by Gasteiger charge is -2.28. The van der Waals surface area contributed by atoms with Crippen LogP contribution in [-0.2, 0) is 27.9 Å². The summed E-state index contributed by atoms with van der Waals surface area (Å²) < 4.78 is 34.4. The number of phosphoric ester groups is 1. The van der Waals surface area contributed by atoms with Gasteiger partial charge in [0.05, 0.1) is 34.4 Å². The minimum Gasteiger partial charge on any atom is -0.756 e. The van der Waals surface area contributed by atoms with Crippen molar-refractivity contribution in [3.8, 4) is 0 Å². The summed E-state index contributed by atoms with van der Waals surface area (Å²) in [4.78, 5) is 25.0. The molecule has 9 heteroatoms. The predicted octanol–water partition coefficient (Wildman–Crippen LogP) is 11.5. The van der Waals surface area contributed by atoms with Crippen LogP contribution in [-0.4, -0.2) is 70.7 Å². The highest BCUT2D eigenvalue weighted by Gasteiger charge is 2.20. The maximum atomic E-state index is 12.6. The fourth-order valence-corrected chi connectivity index (χ4v) is 5.70. The largest absolute Gasteiger partial charge is 0.756 e. The molecule has 0 aromatic heterocycles. The first-order chi connectivity index (χ1) is 26.1. The summed E-state index contributed by atoms with van der Waals surface area (Å²) in [5, 5.41) is 0. The molecule has 0 bridgehead atoms. The molecule has 0 aliphatic rings. The minimum atomic E-state index is -4.54. The number of ether oxygens (including phenoxy) is 2. The van der Waals surface area contributed by atoms with Crippen LogP contribution in [0.25, 0.3) is 0 Å². The minimum absolute atomic E-state index is 0.00900. The van der Waals surface area contributed by atoms with E-state index < -0.39 is 13.9 Å². The zero-order valence-electron chi connectivity index (χ0n) is 34.9. The lowest BCUT2D eigenvalue weighted by Crippen LogP contribution is -2.37. The average Bonchev–Trinajstić information content (AvgIpc) is 3.12. The fourth-order valence-electron chi connectivity index (χ4n) is 4.97. The third-order valence-electron chi connectivity index (χ3n) is 8.18. The second kappa shape index (κ2) is 37.6. The maximum Gasteiger partial charge on any atom is 0.306 e. The number of hydrogen-bond donors (Lipinski definition) is 0. The SMILES string of the molecule is CC/C=C\C/C=C\C/C=C\C/C=C\C/C=C\C/C=C\CCCOCC(COP(=O)([O-])OCC[N+](C)(C)C)OC(=O)CCCCCCC/C=C\CCCCC. The Balaban J connectivity index is 4.39. The summed E-state index contributed by atoms with van der Waals surface area (Å²) in [5.41, 5.74) is 0. The summed E-state index contributed by atoms with van der Waals surface area (Å²) in [6, 6.07) is 0. The van der Waals surface area contributed by atoms with E-state index >= 15 is 0 Å². The first kappa shape index (κ1) is 51.7. The van der Waals surface area contributed by atoms with Crippen LogP contribution in [0.15, 0.2) is 85.1 Å². The first-order valence-electron chi connectivity index (χ1n) is 20.8. The second-order valence-electron chi connectivity index (χ2n) is 14.6. The van der Waals surface area contributed by atoms with Crippen LogP contribution < -0.4 is 4.89 Å². The molecule has 0 rings (SSSR count). The van der Waals surface area contributed by atoms with Gasteiger partial charge in [-0.1, -0.05) is 131 Å². The summed E-state index contributed by atoms with van der Waals surface area (Å²) in [6.07, 6.45) is 48.9. The third-order valence-corrected chi connectivity index (χ3v) is 9.14. The van der Waals surface area contributed by atoms with Gasteiger partial charge in [0.1, 0.15) is 19.3 Å². The lowest BCUT2D eigenvalue weighted by atomic mass is 10.1. The van der Waals surface area contributed by atoms with E-state index in [0.29, 0.717) is 17.6 Å². The van der Waals surface area contributed by atoms with Crippen molar-refractivity contribution >= 4 is 13.8 Å². The van der Waals surface area contributed by atoms with Crippen LogP contribution in [0, 0.1) is 0 Å². The quantitative estimate of drug-likeness (QED) is 0.0204. The first-order valence-corrected chi connectivity index (χ1v) is 22.3. The summed E-state index contributed by atoms with van der Waals surface area (Å²) in [7, 11) is 1.30. The van der Waals surface area contributed by atoms with Crippen LogP contribution >= 0.6 is 7.82 Å². The number of phosphoric acid groups is 1. The fraction of sp³-hybridized carbons (Fsp3) is 0.667. The Labute approximate surface area is 331 Å². The number of likely N-dealkylation sites (N-methyl/N-ethyl adjacent to an activating group) is 1. The van der Waals surface area contributed by atoms with E-state index in [4.69, 9.17) is 18.5 Å². The van der Waals surface area contributed by atoms with E-state index in [1.165, 1.54) is 25.7 Å². The van der Waals surface area contributed by atoms with E-state index in [0.717, 1.165) is 89.9 Å². The highest BCUT2D eigenvalue weighted by atomic mass is 31.2. The Morgan fingerprint density at radius 2 is 1.07 bits per heavy atom. The van der Waals surface area contributed by atoms with Crippen molar-refractivity contribution in [3.05, 3.63) is 85.1 Å². The highest BCUT2D eigenvalue weighted by Crippen LogP contribution is 2.38. The molecule has 0 aliphatic carbocycles. The topological polar surface area (TPSA) is 94.1 Å². The van der Waals surface area contributed by atoms with E-state index in [1.54, 1.807) is 0 Å². The van der Waals surface area contributed by atoms with Gasteiger partial charge in [0.25, 0.3) is 7.82 Å². The maximum absolute atomic E-state index is 12.6. The van der Waals surface area contributed by atoms with Crippen molar-refractivity contribution in [2.45, 2.75) is 142 Å². The molecule has 0 aliphatic heterocycles. The van der Waals surface area contributed by atoms with Gasteiger partial charge >= 0.3 is 5.97 Å². The Hall–Kier alpha value is -2.32. The number of rotatable bonds is 37. The van der Waals surface area contributed by atoms with Crippen molar-refractivity contribution < 1.29 is 37.3 Å². The normalized spacial score (nSPS) is 14.7. The van der Waals surface area contributed by atoms with Gasteiger partial charge in [0.15, 0.2) is 0 Å². The Morgan fingerprint density at radius 1 is 0.593 bits per heavy atom. The molecule has 2 unspecified atom stereocenters. The molecule has 0 heterocycles. The smallest absolute Gasteiger partial charge is 0.306 e. The molecule has 310 valence electrons. The number of carbonyl (C=O) groups excluding carboxylic acids is 1. The number of allylic oxidation sites excluding steroid dienone is 14. The molecule has 0 radical (unpaired) electrons. The summed E-state index contributed by atoms with van der Waals surface area (Å²) >= 11 is 0. The van der Waals surface area contributed by atoms with Crippen LogP contribution in [0.3, 0.4) is 0 Å². The zero-order valence-corrected chi connectivity index (χ0v) is 35.8. The van der Waals surface area contributed by atoms with E-state index in [2.05, 4.69) is 98.9 Å². The van der Waals surface area contributed by atoms with E-state index in [9.17, 15) is 14.3 Å². The van der Waals surface area contributed by atoms with Gasteiger partial charge in [-0.25, -0.2) is 0 Å². The highest BCUT2D eigenvalue weighted by molar-refractivity contribution is 7.45. The molecule has 2 atom stereocenters. The van der Waals surface area contributed by atoms with Gasteiger partial charge in [-0.2, -0.15) is 0 Å². The molecule has 0 aromatic rings. The molecule has 0 amide bonds. The number of hydrogen-bond acceptors (Lipinski definition) is 7. The number of unbranched alkanes of at least 4 members (excludes halogenated alkanes) is 9. The monoisotopic (exact) mass is 776 g/mol. The molecule has 0 saturated carbocycles. The van der Waals surface area contributed by atoms with Gasteiger partial charge in [0.2, 0.25) is 0 Å². The van der Waals surface area contributed by atoms with Crippen molar-refractivity contribution in [1.82, 2.24) is 0 Å². The second-order valence-corrected chi connectivity index (χ2v) is 16.0. The van der Waals surface area contributed by atoms with Gasteiger partial charge in [-0.05, 0) is 83.5 Å². The van der Waals surface area contributed by atoms with Crippen LogP contribution in [0.4, 0.5) is 0 Å². The van der Waals surface area contributed by atoms with Gasteiger partial charge in [-0.3, -0.25) is 9.36 Å². The van der Waals surface area contributed by atoms with Crippen LogP contribution in [0.2, 0.25) is 0 Å². The van der Waals surface area contributed by atoms with E-state index in [1.807, 2.05) is 21.1 Å². The molecule has 0 aromatic carbocycles. The molecular weight excluding hydrogens is 697 g/mol. The van der Waals surface area contributed by atoms with Gasteiger partial charge in [0, 0.05) is 13.0 Å². The number of quaternary nitrogens is 1. The summed E-state index contributed by atoms with van der Waals surface area (Å²) in [6.45, 7) is 5.06. The molecule has 54 heavy (non-hydrogen) atoms. The Kier molecular flexibility index (Phi) is 36.0.